The number of hydrogen-bond donors (Lipinski definition) is 2. The van der Waals surface area contributed by atoms with E-state index in [4.69, 9.17) is 4.55 Å². The van der Waals surface area contributed by atoms with E-state index in [1.165, 1.54) is 18.2 Å². The maximum Gasteiger partial charge on any atom is 0.357 e. The maximum atomic E-state index is 13.8. The molecule has 2 aromatic rings. The molecule has 9 heteroatoms. The molecule has 0 amide bonds. The van der Waals surface area contributed by atoms with Crippen molar-refractivity contribution in [3.8, 4) is 0 Å². The van der Waals surface area contributed by atoms with Crippen molar-refractivity contribution in [1.82, 2.24) is 4.90 Å². The zero-order valence-electron chi connectivity index (χ0n) is 13.9. The lowest BCUT2D eigenvalue weighted by atomic mass is 10.1. The van der Waals surface area contributed by atoms with E-state index in [0.29, 0.717) is 26.2 Å². The predicted molar refractivity (Wildman–Crippen MR) is 95.5 cm³/mol. The van der Waals surface area contributed by atoms with Gasteiger partial charge in [-0.3, -0.25) is 14.2 Å². The molecule has 3 rings (SSSR count). The van der Waals surface area contributed by atoms with Crippen molar-refractivity contribution in [2.24, 2.45) is 0 Å². The molecule has 0 radical (unpaired) electrons. The zero-order chi connectivity index (χ0) is 18.7. The van der Waals surface area contributed by atoms with Gasteiger partial charge in [0.25, 0.3) is 0 Å². The van der Waals surface area contributed by atoms with Gasteiger partial charge in [-0.1, -0.05) is 6.07 Å². The number of benzene rings is 2. The molecule has 6 nitrogen and oxygen atoms in total. The van der Waals surface area contributed by atoms with E-state index in [1.807, 2.05) is 9.62 Å². The SMILES string of the molecule is O=S(=O)(O)Nc1ccc(N2CCN(Cc3c(F)cccc3F)CC2)cc1. The summed E-state index contributed by atoms with van der Waals surface area (Å²) in [5.74, 6) is -1.07. The topological polar surface area (TPSA) is 72.9 Å². The van der Waals surface area contributed by atoms with Crippen molar-refractivity contribution in [2.45, 2.75) is 6.54 Å². The van der Waals surface area contributed by atoms with E-state index in [9.17, 15) is 17.2 Å². The molecule has 1 heterocycles. The second-order valence-corrected chi connectivity index (χ2v) is 7.24. The van der Waals surface area contributed by atoms with E-state index in [0.717, 1.165) is 5.69 Å². The van der Waals surface area contributed by atoms with Gasteiger partial charge in [0.2, 0.25) is 0 Å². The molecule has 0 spiro atoms. The Kier molecular flexibility index (Phi) is 5.40. The van der Waals surface area contributed by atoms with Crippen molar-refractivity contribution in [2.75, 3.05) is 35.8 Å². The highest BCUT2D eigenvalue weighted by atomic mass is 32.2. The van der Waals surface area contributed by atoms with E-state index in [2.05, 4.69) is 4.90 Å². The average Bonchev–Trinajstić information content (AvgIpc) is 2.58. The molecule has 1 saturated heterocycles. The summed E-state index contributed by atoms with van der Waals surface area (Å²) in [7, 11) is -4.29. The number of hydrogen-bond acceptors (Lipinski definition) is 4. The molecule has 1 aliphatic rings. The minimum Gasteiger partial charge on any atom is -0.369 e. The molecule has 0 saturated carbocycles. The first-order valence-electron chi connectivity index (χ1n) is 8.07. The van der Waals surface area contributed by atoms with Gasteiger partial charge >= 0.3 is 10.3 Å². The third-order valence-electron chi connectivity index (χ3n) is 4.29. The van der Waals surface area contributed by atoms with Gasteiger partial charge in [-0.25, -0.2) is 8.78 Å². The minimum absolute atomic E-state index is 0.0848. The van der Waals surface area contributed by atoms with Crippen LogP contribution in [0.3, 0.4) is 0 Å². The smallest absolute Gasteiger partial charge is 0.357 e. The van der Waals surface area contributed by atoms with Gasteiger partial charge in [0, 0.05) is 44.0 Å². The fourth-order valence-electron chi connectivity index (χ4n) is 2.96. The third-order valence-corrected chi connectivity index (χ3v) is 4.79. The van der Waals surface area contributed by atoms with Crippen LogP contribution < -0.4 is 9.62 Å². The molecule has 0 aliphatic carbocycles. The van der Waals surface area contributed by atoms with Gasteiger partial charge < -0.3 is 4.90 Å². The standard InChI is InChI=1S/C17H19F2N3O3S/c18-16-2-1-3-17(19)15(16)12-21-8-10-22(11-9-21)14-6-4-13(5-7-14)20-26(23,24)25/h1-7,20H,8-12H2,(H,23,24,25). The van der Waals surface area contributed by atoms with Gasteiger partial charge in [-0.2, -0.15) is 8.42 Å². The molecule has 0 unspecified atom stereocenters. The molecule has 1 aliphatic heterocycles. The Bertz CT molecular complexity index is 847. The Morgan fingerprint density at radius 1 is 0.962 bits per heavy atom. The number of piperazine rings is 1. The highest BCUT2D eigenvalue weighted by Crippen LogP contribution is 2.21. The highest BCUT2D eigenvalue weighted by Gasteiger charge is 2.20. The summed E-state index contributed by atoms with van der Waals surface area (Å²) in [6.07, 6.45) is 0. The summed E-state index contributed by atoms with van der Waals surface area (Å²) in [5, 5.41) is 0. The summed E-state index contributed by atoms with van der Waals surface area (Å²) >= 11 is 0. The van der Waals surface area contributed by atoms with E-state index in [-0.39, 0.29) is 17.8 Å². The van der Waals surface area contributed by atoms with Gasteiger partial charge in [-0.15, -0.1) is 0 Å². The average molecular weight is 383 g/mol. The van der Waals surface area contributed by atoms with Crippen LogP contribution in [0.5, 0.6) is 0 Å². The van der Waals surface area contributed by atoms with Gasteiger partial charge in [0.15, 0.2) is 0 Å². The largest absolute Gasteiger partial charge is 0.369 e. The van der Waals surface area contributed by atoms with Crippen LogP contribution in [0.2, 0.25) is 0 Å². The first-order chi connectivity index (χ1) is 12.3. The highest BCUT2D eigenvalue weighted by molar-refractivity contribution is 7.87. The summed E-state index contributed by atoms with van der Waals surface area (Å²) in [6, 6.07) is 10.5. The summed E-state index contributed by atoms with van der Waals surface area (Å²) in [6.45, 7) is 2.89. The Morgan fingerprint density at radius 2 is 1.54 bits per heavy atom. The Morgan fingerprint density at radius 3 is 2.08 bits per heavy atom. The lowest BCUT2D eigenvalue weighted by molar-refractivity contribution is 0.243. The van der Waals surface area contributed by atoms with Crippen LogP contribution in [-0.2, 0) is 16.8 Å². The van der Waals surface area contributed by atoms with E-state index < -0.39 is 21.9 Å². The van der Waals surface area contributed by atoms with Gasteiger partial charge in [0.05, 0.1) is 5.69 Å². The zero-order valence-corrected chi connectivity index (χ0v) is 14.7. The normalized spacial score (nSPS) is 15.9. The number of nitrogens with zero attached hydrogens (tertiary/aromatic N) is 2. The van der Waals surface area contributed by atoms with Gasteiger partial charge in [0.1, 0.15) is 11.6 Å². The lowest BCUT2D eigenvalue weighted by Crippen LogP contribution is -2.46. The molecule has 0 aromatic heterocycles. The van der Waals surface area contributed by atoms with E-state index in [1.54, 1.807) is 24.3 Å². The molecule has 26 heavy (non-hydrogen) atoms. The Balaban J connectivity index is 1.58. The second kappa shape index (κ2) is 7.56. The minimum atomic E-state index is -4.29. The Labute approximate surface area is 150 Å². The maximum absolute atomic E-state index is 13.8. The second-order valence-electron chi connectivity index (χ2n) is 6.09. The quantitative estimate of drug-likeness (QED) is 0.777. The molecule has 0 bridgehead atoms. The number of anilines is 2. The molecule has 2 N–H and O–H groups in total. The molecule has 0 atom stereocenters. The van der Waals surface area contributed by atoms with Crippen LogP contribution in [0, 0.1) is 11.6 Å². The van der Waals surface area contributed by atoms with Crippen molar-refractivity contribution in [3.05, 3.63) is 59.7 Å². The van der Waals surface area contributed by atoms with Crippen molar-refractivity contribution in [3.63, 3.8) is 0 Å². The van der Waals surface area contributed by atoms with Crippen LogP contribution in [0.15, 0.2) is 42.5 Å². The lowest BCUT2D eigenvalue weighted by Gasteiger charge is -2.36. The van der Waals surface area contributed by atoms with Crippen LogP contribution in [-0.4, -0.2) is 44.0 Å². The van der Waals surface area contributed by atoms with E-state index >= 15 is 0 Å². The molecular weight excluding hydrogens is 364 g/mol. The first-order valence-corrected chi connectivity index (χ1v) is 9.51. The number of rotatable bonds is 5. The summed E-state index contributed by atoms with van der Waals surface area (Å²) in [5.41, 5.74) is 1.26. The number of halogens is 2. The van der Waals surface area contributed by atoms with Crippen LogP contribution in [0.1, 0.15) is 5.56 Å². The Hall–Kier alpha value is -2.23. The van der Waals surface area contributed by atoms with Crippen molar-refractivity contribution in [1.29, 1.82) is 0 Å². The first kappa shape index (κ1) is 18.6. The third kappa shape index (κ3) is 4.69. The summed E-state index contributed by atoms with van der Waals surface area (Å²) in [4.78, 5) is 4.09. The molecule has 1 fully saturated rings. The van der Waals surface area contributed by atoms with Crippen molar-refractivity contribution >= 4 is 21.7 Å². The van der Waals surface area contributed by atoms with Crippen molar-refractivity contribution < 1.29 is 21.8 Å². The molecule has 2 aromatic carbocycles. The predicted octanol–water partition coefficient (Wildman–Crippen LogP) is 2.50. The van der Waals surface area contributed by atoms with Crippen LogP contribution in [0.4, 0.5) is 20.2 Å². The molecule has 140 valence electrons. The van der Waals surface area contributed by atoms with Crippen LogP contribution >= 0.6 is 0 Å². The molecular formula is C17H19F2N3O3S. The fraction of sp³-hybridized carbons (Fsp3) is 0.294. The number of nitrogens with one attached hydrogen (secondary N) is 1. The van der Waals surface area contributed by atoms with Crippen LogP contribution in [0.25, 0.3) is 0 Å². The monoisotopic (exact) mass is 383 g/mol. The summed E-state index contributed by atoms with van der Waals surface area (Å²) < 4.78 is 59.9. The fourth-order valence-corrected chi connectivity index (χ4v) is 3.39. The van der Waals surface area contributed by atoms with Gasteiger partial charge in [-0.05, 0) is 36.4 Å².